The molecular weight excluding hydrogens is 208 g/mol. The van der Waals surface area contributed by atoms with Gasteiger partial charge in [0.25, 0.3) is 0 Å². The van der Waals surface area contributed by atoms with Crippen LogP contribution in [0, 0.1) is 29.1 Å². The Morgan fingerprint density at radius 1 is 1.24 bits per heavy atom. The lowest BCUT2D eigenvalue weighted by Gasteiger charge is -2.28. The molecule has 0 amide bonds. The molecule has 1 heteroatoms. The topological polar surface area (TPSA) is 17.1 Å². The van der Waals surface area contributed by atoms with Crippen molar-refractivity contribution < 1.29 is 4.79 Å². The van der Waals surface area contributed by atoms with Crippen molar-refractivity contribution in [2.75, 3.05) is 0 Å². The van der Waals surface area contributed by atoms with E-state index in [0.29, 0.717) is 11.7 Å². The normalized spacial score (nSPS) is 34.0. The van der Waals surface area contributed by atoms with Crippen LogP contribution in [-0.2, 0) is 4.79 Å². The maximum atomic E-state index is 12.1. The summed E-state index contributed by atoms with van der Waals surface area (Å²) in [7, 11) is 0. The van der Waals surface area contributed by atoms with Crippen LogP contribution in [0.25, 0.3) is 0 Å². The first-order chi connectivity index (χ1) is 7.86. The minimum atomic E-state index is 0.268. The van der Waals surface area contributed by atoms with Crippen molar-refractivity contribution in [1.29, 1.82) is 0 Å². The third-order valence-corrected chi connectivity index (χ3v) is 5.39. The number of fused-ring (bicyclic) bond motifs is 2. The van der Waals surface area contributed by atoms with Crippen LogP contribution in [0.5, 0.6) is 0 Å². The summed E-state index contributed by atoms with van der Waals surface area (Å²) in [4.78, 5) is 12.1. The van der Waals surface area contributed by atoms with Crippen LogP contribution in [0.15, 0.2) is 0 Å². The van der Waals surface area contributed by atoms with Crippen LogP contribution >= 0.6 is 0 Å². The van der Waals surface area contributed by atoms with Crippen molar-refractivity contribution in [2.24, 2.45) is 29.1 Å². The molecule has 1 nitrogen and oxygen atoms in total. The fourth-order valence-corrected chi connectivity index (χ4v) is 3.65. The van der Waals surface area contributed by atoms with Gasteiger partial charge < -0.3 is 0 Å². The van der Waals surface area contributed by atoms with Gasteiger partial charge in [-0.25, -0.2) is 0 Å². The summed E-state index contributed by atoms with van der Waals surface area (Å²) >= 11 is 0. The summed E-state index contributed by atoms with van der Waals surface area (Å²) in [5, 5.41) is 0. The number of carbonyl (C=O) groups is 1. The lowest BCUT2D eigenvalue weighted by atomic mass is 9.77. The van der Waals surface area contributed by atoms with E-state index < -0.39 is 0 Å². The van der Waals surface area contributed by atoms with E-state index >= 15 is 0 Å². The molecule has 0 aromatic rings. The molecule has 4 atom stereocenters. The fourth-order valence-electron chi connectivity index (χ4n) is 3.65. The van der Waals surface area contributed by atoms with E-state index in [9.17, 15) is 4.79 Å². The van der Waals surface area contributed by atoms with Crippen LogP contribution in [0.4, 0.5) is 0 Å². The van der Waals surface area contributed by atoms with E-state index in [-0.39, 0.29) is 5.41 Å². The summed E-state index contributed by atoms with van der Waals surface area (Å²) in [6, 6.07) is 0. The van der Waals surface area contributed by atoms with Crippen molar-refractivity contribution >= 4 is 5.78 Å². The lowest BCUT2D eigenvalue weighted by molar-refractivity contribution is -0.121. The van der Waals surface area contributed by atoms with E-state index in [0.717, 1.165) is 30.6 Å². The Kier molecular flexibility index (Phi) is 3.66. The van der Waals surface area contributed by atoms with Crippen molar-refractivity contribution in [3.8, 4) is 0 Å². The Labute approximate surface area is 106 Å². The van der Waals surface area contributed by atoms with E-state index in [1.165, 1.54) is 25.7 Å². The molecule has 0 aromatic heterocycles. The van der Waals surface area contributed by atoms with Crippen molar-refractivity contribution in [1.82, 2.24) is 0 Å². The van der Waals surface area contributed by atoms with E-state index in [1.54, 1.807) is 0 Å². The molecule has 2 bridgehead atoms. The van der Waals surface area contributed by atoms with Gasteiger partial charge >= 0.3 is 0 Å². The van der Waals surface area contributed by atoms with Gasteiger partial charge in [0.2, 0.25) is 0 Å². The van der Waals surface area contributed by atoms with Gasteiger partial charge in [0, 0.05) is 12.8 Å². The zero-order valence-corrected chi connectivity index (χ0v) is 12.0. The second-order valence-corrected chi connectivity index (χ2v) is 7.65. The minimum Gasteiger partial charge on any atom is -0.300 e. The van der Waals surface area contributed by atoms with E-state index in [1.807, 2.05) is 0 Å². The van der Waals surface area contributed by atoms with Crippen LogP contribution < -0.4 is 0 Å². The monoisotopic (exact) mass is 236 g/mol. The molecule has 17 heavy (non-hydrogen) atoms. The average molecular weight is 236 g/mol. The Morgan fingerprint density at radius 2 is 1.94 bits per heavy atom. The Balaban J connectivity index is 1.78. The molecule has 2 fully saturated rings. The summed E-state index contributed by atoms with van der Waals surface area (Å²) in [5.41, 5.74) is 0.268. The second-order valence-electron chi connectivity index (χ2n) is 7.65. The molecule has 2 saturated carbocycles. The summed E-state index contributed by atoms with van der Waals surface area (Å²) in [6.07, 6.45) is 7.28. The summed E-state index contributed by atoms with van der Waals surface area (Å²) in [5.74, 6) is 3.64. The zero-order valence-electron chi connectivity index (χ0n) is 12.0. The minimum absolute atomic E-state index is 0.268. The highest BCUT2D eigenvalue weighted by Crippen LogP contribution is 2.49. The number of rotatable bonds is 4. The second kappa shape index (κ2) is 4.74. The molecule has 0 aromatic carbocycles. The molecule has 0 aliphatic heterocycles. The van der Waals surface area contributed by atoms with Crippen LogP contribution in [-0.4, -0.2) is 5.78 Å². The standard InChI is InChI=1S/C16H28O/c1-11(16(2,3)4)7-15(17)10-14-9-12-5-6-13(14)8-12/h11-14H,5-10H2,1-4H3. The van der Waals surface area contributed by atoms with Gasteiger partial charge in [-0.1, -0.05) is 34.1 Å². The van der Waals surface area contributed by atoms with Crippen molar-refractivity contribution in [3.63, 3.8) is 0 Å². The van der Waals surface area contributed by atoms with Gasteiger partial charge in [-0.2, -0.15) is 0 Å². The highest BCUT2D eigenvalue weighted by molar-refractivity contribution is 5.79. The molecule has 2 aliphatic rings. The maximum Gasteiger partial charge on any atom is 0.133 e. The van der Waals surface area contributed by atoms with Gasteiger partial charge in [0.15, 0.2) is 0 Å². The van der Waals surface area contributed by atoms with Gasteiger partial charge in [-0.3, -0.25) is 4.79 Å². The molecule has 2 rings (SSSR count). The molecule has 0 N–H and O–H groups in total. The molecule has 0 saturated heterocycles. The number of hydrogen-bond donors (Lipinski definition) is 0. The highest BCUT2D eigenvalue weighted by atomic mass is 16.1. The maximum absolute atomic E-state index is 12.1. The largest absolute Gasteiger partial charge is 0.300 e. The van der Waals surface area contributed by atoms with Gasteiger partial charge in [-0.05, 0) is 48.3 Å². The first-order valence-electron chi connectivity index (χ1n) is 7.38. The quantitative estimate of drug-likeness (QED) is 0.704. The first kappa shape index (κ1) is 13.1. The first-order valence-corrected chi connectivity index (χ1v) is 7.38. The molecule has 0 radical (unpaired) electrons. The van der Waals surface area contributed by atoms with Crippen LogP contribution in [0.1, 0.15) is 66.2 Å². The van der Waals surface area contributed by atoms with Gasteiger partial charge in [0.1, 0.15) is 5.78 Å². The Bertz CT molecular complexity index is 286. The smallest absolute Gasteiger partial charge is 0.133 e. The Morgan fingerprint density at radius 3 is 2.41 bits per heavy atom. The molecule has 98 valence electrons. The fraction of sp³-hybridized carbons (Fsp3) is 0.938. The van der Waals surface area contributed by atoms with Crippen molar-refractivity contribution in [2.45, 2.75) is 66.2 Å². The lowest BCUT2D eigenvalue weighted by Crippen LogP contribution is -2.22. The van der Waals surface area contributed by atoms with Crippen molar-refractivity contribution in [3.05, 3.63) is 0 Å². The predicted molar refractivity (Wildman–Crippen MR) is 71.8 cm³/mol. The average Bonchev–Trinajstić information content (AvgIpc) is 2.77. The molecule has 0 heterocycles. The van der Waals surface area contributed by atoms with Crippen LogP contribution in [0.3, 0.4) is 0 Å². The van der Waals surface area contributed by atoms with Gasteiger partial charge in [-0.15, -0.1) is 0 Å². The molecule has 0 spiro atoms. The van der Waals surface area contributed by atoms with E-state index in [4.69, 9.17) is 0 Å². The number of ketones is 1. The number of carbonyl (C=O) groups excluding carboxylic acids is 1. The SMILES string of the molecule is CC(CC(=O)CC1CC2CCC1C2)C(C)(C)C. The zero-order chi connectivity index (χ0) is 12.6. The van der Waals surface area contributed by atoms with Crippen LogP contribution in [0.2, 0.25) is 0 Å². The number of Topliss-reactive ketones (excluding diaryl/α,β-unsaturated/α-hetero) is 1. The van der Waals surface area contributed by atoms with E-state index in [2.05, 4.69) is 27.7 Å². The third-order valence-electron chi connectivity index (χ3n) is 5.39. The summed E-state index contributed by atoms with van der Waals surface area (Å²) < 4.78 is 0. The molecule has 4 unspecified atom stereocenters. The third kappa shape index (κ3) is 3.11. The Hall–Kier alpha value is -0.330. The number of hydrogen-bond acceptors (Lipinski definition) is 1. The summed E-state index contributed by atoms with van der Waals surface area (Å²) in [6.45, 7) is 8.94. The molecule has 2 aliphatic carbocycles. The predicted octanol–water partition coefficient (Wildman–Crippen LogP) is 4.45. The molecular formula is C16H28O. The van der Waals surface area contributed by atoms with Gasteiger partial charge in [0.05, 0.1) is 0 Å². The highest BCUT2D eigenvalue weighted by Gasteiger charge is 2.40.